The molecule has 4 rings (SSSR count). The predicted octanol–water partition coefficient (Wildman–Crippen LogP) is 2.89. The summed E-state index contributed by atoms with van der Waals surface area (Å²) >= 11 is 1.64. The number of nitrogens with zero attached hydrogens (tertiary/aromatic N) is 1. The van der Waals surface area contributed by atoms with Crippen molar-refractivity contribution in [1.29, 1.82) is 0 Å². The van der Waals surface area contributed by atoms with Gasteiger partial charge in [0.1, 0.15) is 0 Å². The molecule has 4 heteroatoms. The fourth-order valence-corrected chi connectivity index (χ4v) is 4.03. The van der Waals surface area contributed by atoms with Crippen molar-refractivity contribution in [3.05, 3.63) is 63.4 Å². The normalized spacial score (nSPS) is 17.0. The largest absolute Gasteiger partial charge is 0.330 e. The van der Waals surface area contributed by atoms with Crippen LogP contribution in [0.1, 0.15) is 25.7 Å². The monoisotopic (exact) mass is 296 g/mol. The van der Waals surface area contributed by atoms with E-state index in [-0.39, 0.29) is 5.91 Å². The lowest BCUT2D eigenvalue weighted by Crippen LogP contribution is -2.28. The van der Waals surface area contributed by atoms with Crippen molar-refractivity contribution in [2.45, 2.75) is 13.1 Å². The van der Waals surface area contributed by atoms with Gasteiger partial charge in [0.2, 0.25) is 0 Å². The maximum Gasteiger partial charge on any atom is 0.264 e. The Balaban J connectivity index is 1.50. The minimum absolute atomic E-state index is 0.164. The highest BCUT2D eigenvalue weighted by Gasteiger charge is 2.25. The topological polar surface area (TPSA) is 32.3 Å². The number of hydrogen-bond donors (Lipinski definition) is 1. The van der Waals surface area contributed by atoms with Crippen molar-refractivity contribution in [3.63, 3.8) is 0 Å². The van der Waals surface area contributed by atoms with Gasteiger partial charge in [-0.05, 0) is 22.8 Å². The van der Waals surface area contributed by atoms with Crippen LogP contribution in [0.2, 0.25) is 0 Å². The summed E-state index contributed by atoms with van der Waals surface area (Å²) < 4.78 is 0. The summed E-state index contributed by atoms with van der Waals surface area (Å²) in [7, 11) is 0. The fraction of sp³-hybridized carbons (Fsp3) is 0.235. The molecule has 0 bridgehead atoms. The van der Waals surface area contributed by atoms with E-state index in [0.29, 0.717) is 13.1 Å². The molecule has 1 N–H and O–H groups in total. The maximum absolute atomic E-state index is 12.6. The second-order valence-electron chi connectivity index (χ2n) is 5.44. The minimum atomic E-state index is 0.164. The van der Waals surface area contributed by atoms with Gasteiger partial charge in [0.25, 0.3) is 5.91 Å². The molecule has 1 aromatic heterocycles. The van der Waals surface area contributed by atoms with Crippen LogP contribution in [-0.4, -0.2) is 23.9 Å². The van der Waals surface area contributed by atoms with Crippen molar-refractivity contribution in [1.82, 2.24) is 10.2 Å². The van der Waals surface area contributed by atoms with E-state index in [1.54, 1.807) is 11.3 Å². The molecular formula is C17H16N2OS. The zero-order valence-corrected chi connectivity index (χ0v) is 12.5. The maximum atomic E-state index is 12.6. The molecule has 0 radical (unpaired) electrons. The Hall–Kier alpha value is -1.91. The van der Waals surface area contributed by atoms with E-state index in [1.165, 1.54) is 21.6 Å². The summed E-state index contributed by atoms with van der Waals surface area (Å²) in [5, 5.41) is 3.31. The molecule has 2 aliphatic heterocycles. The number of fused-ring (bicyclic) bond motifs is 1. The lowest BCUT2D eigenvalue weighted by molar-refractivity contribution is 0.0806. The molecule has 21 heavy (non-hydrogen) atoms. The van der Waals surface area contributed by atoms with E-state index >= 15 is 0 Å². The van der Waals surface area contributed by atoms with Crippen LogP contribution in [0.5, 0.6) is 0 Å². The number of benzene rings is 1. The number of nitrogens with one attached hydrogen (secondary N) is 1. The number of carbonyl (C=O) groups excluding carboxylic acids is 1. The summed E-state index contributed by atoms with van der Waals surface area (Å²) in [6, 6.07) is 12.4. The molecule has 0 unspecified atom stereocenters. The quantitative estimate of drug-likeness (QED) is 0.924. The summed E-state index contributed by atoms with van der Waals surface area (Å²) in [5.41, 5.74) is 3.75. The van der Waals surface area contributed by atoms with Gasteiger partial charge >= 0.3 is 0 Å². The second-order valence-corrected chi connectivity index (χ2v) is 6.58. The Bertz CT molecular complexity index is 696. The highest BCUT2D eigenvalue weighted by molar-refractivity contribution is 7.14. The van der Waals surface area contributed by atoms with Gasteiger partial charge in [0.15, 0.2) is 0 Å². The third-order valence-corrected chi connectivity index (χ3v) is 5.22. The molecule has 0 saturated carbocycles. The Morgan fingerprint density at radius 3 is 2.86 bits per heavy atom. The standard InChI is InChI=1S/C17H16N2OS/c20-17(15-8-14-9-18-10-16(14)21-15)19-7-6-13(11-19)12-4-2-1-3-5-12/h1-6,8,18H,7,9-11H2. The second kappa shape index (κ2) is 5.13. The number of thiophene rings is 1. The van der Waals surface area contributed by atoms with Gasteiger partial charge in [0.05, 0.1) is 4.88 Å². The summed E-state index contributed by atoms with van der Waals surface area (Å²) in [6.45, 7) is 3.22. The molecule has 0 spiro atoms. The van der Waals surface area contributed by atoms with Crippen LogP contribution in [-0.2, 0) is 13.1 Å². The molecule has 3 heterocycles. The van der Waals surface area contributed by atoms with Crippen LogP contribution in [0.15, 0.2) is 42.5 Å². The average molecular weight is 296 g/mol. The highest BCUT2D eigenvalue weighted by atomic mass is 32.1. The van der Waals surface area contributed by atoms with Crippen molar-refractivity contribution < 1.29 is 4.79 Å². The van der Waals surface area contributed by atoms with E-state index in [1.807, 2.05) is 23.1 Å². The van der Waals surface area contributed by atoms with E-state index in [2.05, 4.69) is 29.6 Å². The Labute approximate surface area is 127 Å². The molecule has 0 saturated heterocycles. The van der Waals surface area contributed by atoms with Gasteiger partial charge in [-0.3, -0.25) is 4.79 Å². The predicted molar refractivity (Wildman–Crippen MR) is 85.2 cm³/mol. The van der Waals surface area contributed by atoms with Gasteiger partial charge in [-0.1, -0.05) is 36.4 Å². The fourth-order valence-electron chi connectivity index (χ4n) is 2.91. The van der Waals surface area contributed by atoms with Gasteiger partial charge < -0.3 is 10.2 Å². The summed E-state index contributed by atoms with van der Waals surface area (Å²) in [6.07, 6.45) is 2.16. The Kier molecular flexibility index (Phi) is 3.13. The zero-order chi connectivity index (χ0) is 14.2. The van der Waals surface area contributed by atoms with E-state index < -0.39 is 0 Å². The lowest BCUT2D eigenvalue weighted by atomic mass is 10.1. The summed E-state index contributed by atoms with van der Waals surface area (Å²) in [5.74, 6) is 0.164. The first-order valence-electron chi connectivity index (χ1n) is 7.17. The average Bonchev–Trinajstić information content (AvgIpc) is 3.22. The van der Waals surface area contributed by atoms with Crippen LogP contribution in [0.4, 0.5) is 0 Å². The molecule has 3 nitrogen and oxygen atoms in total. The first-order chi connectivity index (χ1) is 10.3. The third kappa shape index (κ3) is 2.30. The van der Waals surface area contributed by atoms with Crippen molar-refractivity contribution in [3.8, 4) is 0 Å². The van der Waals surface area contributed by atoms with Crippen LogP contribution < -0.4 is 5.32 Å². The molecule has 0 aliphatic carbocycles. The molecule has 106 valence electrons. The highest BCUT2D eigenvalue weighted by Crippen LogP contribution is 2.29. The molecule has 1 aromatic carbocycles. The number of amides is 1. The van der Waals surface area contributed by atoms with Crippen molar-refractivity contribution in [2.75, 3.05) is 13.1 Å². The third-order valence-electron chi connectivity index (χ3n) is 4.06. The first kappa shape index (κ1) is 12.8. The zero-order valence-electron chi connectivity index (χ0n) is 11.6. The van der Waals surface area contributed by atoms with Crippen LogP contribution in [0, 0.1) is 0 Å². The van der Waals surface area contributed by atoms with Crippen molar-refractivity contribution in [2.24, 2.45) is 0 Å². The van der Waals surface area contributed by atoms with E-state index in [4.69, 9.17) is 0 Å². The van der Waals surface area contributed by atoms with Gasteiger partial charge in [0, 0.05) is 31.1 Å². The first-order valence-corrected chi connectivity index (χ1v) is 7.99. The number of carbonyl (C=O) groups is 1. The number of hydrogen-bond acceptors (Lipinski definition) is 3. The Morgan fingerprint density at radius 1 is 1.19 bits per heavy atom. The molecular weight excluding hydrogens is 280 g/mol. The van der Waals surface area contributed by atoms with Crippen LogP contribution in [0.25, 0.3) is 5.57 Å². The molecule has 2 aromatic rings. The van der Waals surface area contributed by atoms with E-state index in [9.17, 15) is 4.79 Å². The smallest absolute Gasteiger partial charge is 0.264 e. The SMILES string of the molecule is O=C(c1cc2c(s1)CNC2)N1CC=C(c2ccccc2)C1. The molecule has 0 atom stereocenters. The van der Waals surface area contributed by atoms with Crippen LogP contribution >= 0.6 is 11.3 Å². The van der Waals surface area contributed by atoms with Gasteiger partial charge in [-0.2, -0.15) is 0 Å². The van der Waals surface area contributed by atoms with Gasteiger partial charge in [-0.25, -0.2) is 0 Å². The molecule has 2 aliphatic rings. The Morgan fingerprint density at radius 2 is 2.05 bits per heavy atom. The van der Waals surface area contributed by atoms with E-state index in [0.717, 1.165) is 18.0 Å². The lowest BCUT2D eigenvalue weighted by Gasteiger charge is -2.15. The molecule has 0 fully saturated rings. The van der Waals surface area contributed by atoms with Gasteiger partial charge in [-0.15, -0.1) is 11.3 Å². The van der Waals surface area contributed by atoms with Crippen molar-refractivity contribution >= 4 is 22.8 Å². The minimum Gasteiger partial charge on any atom is -0.330 e. The molecule has 1 amide bonds. The van der Waals surface area contributed by atoms with Crippen LogP contribution in [0.3, 0.4) is 0 Å². The summed E-state index contributed by atoms with van der Waals surface area (Å²) in [4.78, 5) is 16.7. The number of rotatable bonds is 2.